The van der Waals surface area contributed by atoms with E-state index in [0.717, 1.165) is 0 Å². The topological polar surface area (TPSA) is 58.9 Å². The van der Waals surface area contributed by atoms with Gasteiger partial charge in [-0.3, -0.25) is 0 Å². The molecule has 0 heterocycles. The summed E-state index contributed by atoms with van der Waals surface area (Å²) < 4.78 is 10.1. The van der Waals surface area contributed by atoms with Crippen molar-refractivity contribution in [1.29, 1.82) is 0 Å². The predicted octanol–water partition coefficient (Wildman–Crippen LogP) is 0.370. The number of hydrogen-bond acceptors (Lipinski definition) is 4. The molecule has 0 bridgehead atoms. The lowest BCUT2D eigenvalue weighted by atomic mass is 9.87. The first-order chi connectivity index (χ1) is 9.47. The molecule has 2 rings (SSSR count). The number of phenols is 2. The first-order valence-corrected chi connectivity index (χ1v) is 5.81. The van der Waals surface area contributed by atoms with Crippen molar-refractivity contribution in [3.05, 3.63) is 24.3 Å². The van der Waals surface area contributed by atoms with E-state index in [9.17, 15) is 10.2 Å². The monoisotopic (exact) mass is 266 g/mol. The van der Waals surface area contributed by atoms with Crippen LogP contribution in [0.2, 0.25) is 0 Å². The Morgan fingerprint density at radius 3 is 1.40 bits per heavy atom. The fraction of sp³-hybridized carbons (Fsp3) is 0.143. The van der Waals surface area contributed by atoms with Crippen LogP contribution in [0.15, 0.2) is 24.3 Å². The number of rotatable bonds is 3. The smallest absolute Gasteiger partial charge is 0.165 e. The first-order valence-electron chi connectivity index (χ1n) is 5.81. The molecule has 0 unspecified atom stereocenters. The number of ether oxygens (including phenoxy) is 2. The molecule has 0 fully saturated rings. The maximum atomic E-state index is 10.2. The summed E-state index contributed by atoms with van der Waals surface area (Å²) in [6.45, 7) is 0. The molecule has 4 radical (unpaired) electrons. The quantitative estimate of drug-likeness (QED) is 0.788. The fourth-order valence-electron chi connectivity index (χ4n) is 1.98. The summed E-state index contributed by atoms with van der Waals surface area (Å²) in [5, 5.41) is 20.3. The Morgan fingerprint density at radius 1 is 0.750 bits per heavy atom. The molecule has 6 heteroatoms. The summed E-state index contributed by atoms with van der Waals surface area (Å²) in [7, 11) is 14.4. The van der Waals surface area contributed by atoms with Crippen molar-refractivity contribution < 1.29 is 19.7 Å². The average Bonchev–Trinajstić information content (AvgIpc) is 2.43. The Kier molecular flexibility index (Phi) is 3.84. The van der Waals surface area contributed by atoms with E-state index in [2.05, 4.69) is 0 Å². The van der Waals surface area contributed by atoms with E-state index in [0.29, 0.717) is 22.1 Å². The Balaban J connectivity index is 2.74. The molecule has 0 saturated heterocycles. The zero-order valence-electron chi connectivity index (χ0n) is 11.2. The molecule has 2 aromatic rings. The van der Waals surface area contributed by atoms with Crippen LogP contribution >= 0.6 is 0 Å². The molecular formula is C14H12B2O4. The van der Waals surface area contributed by atoms with Gasteiger partial charge >= 0.3 is 0 Å². The largest absolute Gasteiger partial charge is 0.504 e. The van der Waals surface area contributed by atoms with Gasteiger partial charge in [0.1, 0.15) is 15.7 Å². The van der Waals surface area contributed by atoms with E-state index in [1.807, 2.05) is 0 Å². The molecule has 0 spiro atoms. The molecule has 0 aromatic heterocycles. The number of benzene rings is 2. The molecular weight excluding hydrogens is 254 g/mol. The summed E-state index contributed by atoms with van der Waals surface area (Å²) in [5.41, 5.74) is 1.39. The zero-order chi connectivity index (χ0) is 14.9. The van der Waals surface area contributed by atoms with Gasteiger partial charge < -0.3 is 19.7 Å². The van der Waals surface area contributed by atoms with Crippen LogP contribution in [0.5, 0.6) is 23.0 Å². The molecule has 4 nitrogen and oxygen atoms in total. The number of phenolic OH excluding ortho intramolecular Hbond substituents is 2. The van der Waals surface area contributed by atoms with Crippen LogP contribution in [0.4, 0.5) is 0 Å². The third-order valence-electron chi connectivity index (χ3n) is 2.92. The van der Waals surface area contributed by atoms with E-state index in [4.69, 9.17) is 25.2 Å². The van der Waals surface area contributed by atoms with Gasteiger partial charge in [0.25, 0.3) is 0 Å². The summed E-state index contributed by atoms with van der Waals surface area (Å²) in [6.07, 6.45) is 0. The highest BCUT2D eigenvalue weighted by Crippen LogP contribution is 2.42. The summed E-state index contributed by atoms with van der Waals surface area (Å²) in [5.74, 6) is 0.149. The Morgan fingerprint density at radius 2 is 1.10 bits per heavy atom. The molecule has 0 amide bonds. The van der Waals surface area contributed by atoms with Crippen LogP contribution in [0.1, 0.15) is 0 Å². The summed E-state index contributed by atoms with van der Waals surface area (Å²) in [4.78, 5) is 0. The SMILES string of the molecule is [B]c1cc(OC)c(O)c(-c2cc([B])cc(OC)c2O)c1. The zero-order valence-corrected chi connectivity index (χ0v) is 11.2. The van der Waals surface area contributed by atoms with Crippen LogP contribution < -0.4 is 20.4 Å². The lowest BCUT2D eigenvalue weighted by molar-refractivity contribution is 0.371. The second-order valence-corrected chi connectivity index (χ2v) is 4.24. The van der Waals surface area contributed by atoms with E-state index < -0.39 is 0 Å². The van der Waals surface area contributed by atoms with Crippen molar-refractivity contribution in [1.82, 2.24) is 0 Å². The van der Waals surface area contributed by atoms with Gasteiger partial charge in [-0.15, -0.1) is 0 Å². The van der Waals surface area contributed by atoms with Crippen LogP contribution in [0.25, 0.3) is 11.1 Å². The standard InChI is InChI=1S/C14H12B2O4/c1-19-11-5-7(15)3-9(13(11)17)10-4-8(16)6-12(20-2)14(10)18/h3-6,17-18H,1-2H3. The van der Waals surface area contributed by atoms with E-state index in [1.165, 1.54) is 38.5 Å². The highest BCUT2D eigenvalue weighted by molar-refractivity contribution is 6.34. The minimum absolute atomic E-state index is 0.135. The maximum Gasteiger partial charge on any atom is 0.165 e. The first kappa shape index (κ1) is 14.2. The molecule has 0 saturated carbocycles. The second kappa shape index (κ2) is 5.41. The summed E-state index contributed by atoms with van der Waals surface area (Å²) >= 11 is 0. The molecule has 2 aromatic carbocycles. The van der Waals surface area contributed by atoms with Crippen LogP contribution in [0.3, 0.4) is 0 Å². The minimum Gasteiger partial charge on any atom is -0.504 e. The fourth-order valence-corrected chi connectivity index (χ4v) is 1.98. The van der Waals surface area contributed by atoms with E-state index in [1.54, 1.807) is 0 Å². The molecule has 0 aliphatic rings. The Bertz CT molecular complexity index is 599. The van der Waals surface area contributed by atoms with Crippen LogP contribution in [0, 0.1) is 0 Å². The van der Waals surface area contributed by atoms with Crippen LogP contribution in [-0.4, -0.2) is 40.1 Å². The van der Waals surface area contributed by atoms with Gasteiger partial charge in [-0.25, -0.2) is 0 Å². The van der Waals surface area contributed by atoms with Crippen molar-refractivity contribution in [2.75, 3.05) is 14.2 Å². The summed E-state index contributed by atoms with van der Waals surface area (Å²) in [6, 6.07) is 6.01. The number of hydrogen-bond donors (Lipinski definition) is 2. The molecule has 0 atom stereocenters. The van der Waals surface area contributed by atoms with Gasteiger partial charge in [-0.05, 0) is 12.1 Å². The van der Waals surface area contributed by atoms with Gasteiger partial charge in [0.05, 0.1) is 14.2 Å². The predicted molar refractivity (Wildman–Crippen MR) is 79.1 cm³/mol. The van der Waals surface area contributed by atoms with Crippen molar-refractivity contribution >= 4 is 26.6 Å². The van der Waals surface area contributed by atoms with E-state index >= 15 is 0 Å². The van der Waals surface area contributed by atoms with E-state index in [-0.39, 0.29) is 23.0 Å². The van der Waals surface area contributed by atoms with Gasteiger partial charge in [0.2, 0.25) is 0 Å². The molecule has 0 aliphatic heterocycles. The molecule has 0 aliphatic carbocycles. The highest BCUT2D eigenvalue weighted by Gasteiger charge is 2.17. The van der Waals surface area contributed by atoms with Gasteiger partial charge in [0.15, 0.2) is 23.0 Å². The number of aromatic hydroxyl groups is 2. The molecule has 2 N–H and O–H groups in total. The Hall–Kier alpha value is -2.23. The van der Waals surface area contributed by atoms with Gasteiger partial charge in [0, 0.05) is 11.1 Å². The maximum absolute atomic E-state index is 10.2. The molecule has 20 heavy (non-hydrogen) atoms. The van der Waals surface area contributed by atoms with Gasteiger partial charge in [-0.2, -0.15) is 0 Å². The third-order valence-corrected chi connectivity index (χ3v) is 2.92. The van der Waals surface area contributed by atoms with Crippen LogP contribution in [-0.2, 0) is 0 Å². The molecule has 98 valence electrons. The van der Waals surface area contributed by atoms with Crippen molar-refractivity contribution in [2.45, 2.75) is 0 Å². The second-order valence-electron chi connectivity index (χ2n) is 4.24. The van der Waals surface area contributed by atoms with Gasteiger partial charge in [-0.1, -0.05) is 23.1 Å². The lowest BCUT2D eigenvalue weighted by Gasteiger charge is -2.15. The van der Waals surface area contributed by atoms with Crippen molar-refractivity contribution in [2.24, 2.45) is 0 Å². The number of methoxy groups -OCH3 is 2. The lowest BCUT2D eigenvalue weighted by Crippen LogP contribution is -2.07. The highest BCUT2D eigenvalue weighted by atomic mass is 16.5. The normalized spacial score (nSPS) is 10.3. The van der Waals surface area contributed by atoms with Crippen molar-refractivity contribution in [3.63, 3.8) is 0 Å². The Labute approximate surface area is 119 Å². The average molecular weight is 266 g/mol. The third kappa shape index (κ3) is 2.41. The van der Waals surface area contributed by atoms with Crippen molar-refractivity contribution in [3.8, 4) is 34.1 Å². The minimum atomic E-state index is -0.135.